The molecule has 2 aromatic carbocycles. The number of benzene rings is 2. The maximum atomic E-state index is 12.8. The van der Waals surface area contributed by atoms with E-state index in [0.29, 0.717) is 26.0 Å². The average molecular weight is 414 g/mol. The lowest BCUT2D eigenvalue weighted by Crippen LogP contribution is -2.27. The van der Waals surface area contributed by atoms with E-state index < -0.39 is 10.9 Å². The summed E-state index contributed by atoms with van der Waals surface area (Å²) in [4.78, 5) is 36.7. The number of amides is 1. The van der Waals surface area contributed by atoms with Crippen LogP contribution in [-0.2, 0) is 9.53 Å². The lowest BCUT2D eigenvalue weighted by Gasteiger charge is -2.14. The first-order chi connectivity index (χ1) is 13.4. The van der Waals surface area contributed by atoms with E-state index in [4.69, 9.17) is 17.0 Å². The number of non-ortho nitro benzene ring substituents is 1. The molecule has 0 aliphatic carbocycles. The van der Waals surface area contributed by atoms with Gasteiger partial charge in [0, 0.05) is 12.1 Å². The van der Waals surface area contributed by atoms with Gasteiger partial charge in [-0.3, -0.25) is 19.8 Å². The first-order valence-corrected chi connectivity index (χ1v) is 9.42. The summed E-state index contributed by atoms with van der Waals surface area (Å²) in [7, 11) is 0. The zero-order valence-corrected chi connectivity index (χ0v) is 16.3. The fourth-order valence-corrected chi connectivity index (χ4v) is 3.83. The van der Waals surface area contributed by atoms with Crippen molar-refractivity contribution in [1.82, 2.24) is 0 Å². The molecule has 1 saturated heterocycles. The van der Waals surface area contributed by atoms with Gasteiger partial charge in [0.2, 0.25) is 0 Å². The van der Waals surface area contributed by atoms with E-state index >= 15 is 0 Å². The Morgan fingerprint density at radius 2 is 2.00 bits per heavy atom. The molecule has 0 aromatic heterocycles. The topological polar surface area (TPSA) is 89.8 Å². The lowest BCUT2D eigenvalue weighted by molar-refractivity contribution is -0.384. The SMILES string of the molecule is CCOC(=O)c1ccc(N2C(=O)/C(=C/c3cccc([N+](=O)[O-])c3)SC2=S)cc1. The summed E-state index contributed by atoms with van der Waals surface area (Å²) in [5.74, 6) is -0.768. The number of carbonyl (C=O) groups excluding carboxylic acids is 2. The summed E-state index contributed by atoms with van der Waals surface area (Å²) in [6.07, 6.45) is 1.57. The van der Waals surface area contributed by atoms with Crippen LogP contribution >= 0.6 is 24.0 Å². The third-order valence-electron chi connectivity index (χ3n) is 3.81. The molecule has 0 saturated carbocycles. The Hall–Kier alpha value is -3.04. The number of nitro benzene ring substituents is 1. The number of thioether (sulfide) groups is 1. The van der Waals surface area contributed by atoms with Crippen molar-refractivity contribution in [2.75, 3.05) is 11.5 Å². The van der Waals surface area contributed by atoms with Crippen LogP contribution in [0.15, 0.2) is 53.4 Å². The highest BCUT2D eigenvalue weighted by molar-refractivity contribution is 8.27. The Bertz CT molecular complexity index is 1000. The summed E-state index contributed by atoms with van der Waals surface area (Å²) in [6.45, 7) is 2.00. The molecule has 1 aliphatic heterocycles. The van der Waals surface area contributed by atoms with Crippen molar-refractivity contribution in [2.45, 2.75) is 6.92 Å². The smallest absolute Gasteiger partial charge is 0.338 e. The lowest BCUT2D eigenvalue weighted by atomic mass is 10.1. The standard InChI is InChI=1S/C19H14N2O5S2/c1-2-26-18(23)13-6-8-14(9-7-13)20-17(22)16(28-19(20)27)11-12-4-3-5-15(10-12)21(24)25/h3-11H,2H2,1H3/b16-11-. The third-order valence-corrected chi connectivity index (χ3v) is 5.11. The van der Waals surface area contributed by atoms with Gasteiger partial charge in [-0.1, -0.05) is 36.1 Å². The zero-order chi connectivity index (χ0) is 20.3. The molecule has 1 aliphatic rings. The second-order valence-corrected chi connectivity index (χ2v) is 7.31. The highest BCUT2D eigenvalue weighted by atomic mass is 32.2. The van der Waals surface area contributed by atoms with Crippen molar-refractivity contribution in [3.8, 4) is 0 Å². The molecule has 2 aromatic rings. The Morgan fingerprint density at radius 1 is 1.29 bits per heavy atom. The van der Waals surface area contributed by atoms with Crippen molar-refractivity contribution in [3.05, 3.63) is 74.7 Å². The third kappa shape index (κ3) is 4.10. The molecule has 1 heterocycles. The van der Waals surface area contributed by atoms with Crippen LogP contribution < -0.4 is 4.90 Å². The number of anilines is 1. The van der Waals surface area contributed by atoms with Gasteiger partial charge in [0.1, 0.15) is 0 Å². The molecule has 0 spiro atoms. The van der Waals surface area contributed by atoms with E-state index in [1.807, 2.05) is 0 Å². The number of nitrogens with zero attached hydrogens (tertiary/aromatic N) is 2. The summed E-state index contributed by atoms with van der Waals surface area (Å²) in [6, 6.07) is 12.4. The second-order valence-electron chi connectivity index (χ2n) is 5.64. The van der Waals surface area contributed by atoms with E-state index in [-0.39, 0.29) is 18.2 Å². The Morgan fingerprint density at radius 3 is 2.64 bits per heavy atom. The minimum Gasteiger partial charge on any atom is -0.462 e. The predicted octanol–water partition coefficient (Wildman–Crippen LogP) is 4.18. The van der Waals surface area contributed by atoms with Crippen LogP contribution in [0.5, 0.6) is 0 Å². The molecule has 1 amide bonds. The second kappa shape index (κ2) is 8.32. The van der Waals surface area contributed by atoms with Crippen LogP contribution in [0.25, 0.3) is 6.08 Å². The number of hydrogen-bond donors (Lipinski definition) is 0. The van der Waals surface area contributed by atoms with Gasteiger partial charge in [0.25, 0.3) is 11.6 Å². The van der Waals surface area contributed by atoms with Gasteiger partial charge in [0.15, 0.2) is 4.32 Å². The number of nitro groups is 1. The van der Waals surface area contributed by atoms with Crippen LogP contribution in [-0.4, -0.2) is 27.7 Å². The molecule has 0 N–H and O–H groups in total. The van der Waals surface area contributed by atoms with Crippen molar-refractivity contribution in [1.29, 1.82) is 0 Å². The Labute approximate surface area is 170 Å². The largest absolute Gasteiger partial charge is 0.462 e. The Kier molecular flexibility index (Phi) is 5.86. The maximum absolute atomic E-state index is 12.8. The number of rotatable bonds is 5. The minimum absolute atomic E-state index is 0.0567. The fourth-order valence-electron chi connectivity index (χ4n) is 2.53. The van der Waals surface area contributed by atoms with Crippen LogP contribution in [0.3, 0.4) is 0 Å². The van der Waals surface area contributed by atoms with Crippen LogP contribution in [0, 0.1) is 10.1 Å². The van der Waals surface area contributed by atoms with Crippen LogP contribution in [0.2, 0.25) is 0 Å². The van der Waals surface area contributed by atoms with Crippen molar-refractivity contribution < 1.29 is 19.2 Å². The van der Waals surface area contributed by atoms with Crippen molar-refractivity contribution in [2.24, 2.45) is 0 Å². The summed E-state index contributed by atoms with van der Waals surface area (Å²) >= 11 is 6.43. The highest BCUT2D eigenvalue weighted by Gasteiger charge is 2.33. The Balaban J connectivity index is 1.85. The number of hydrogen-bond acceptors (Lipinski definition) is 7. The number of esters is 1. The quantitative estimate of drug-likeness (QED) is 0.238. The molecule has 9 heteroatoms. The fraction of sp³-hybridized carbons (Fsp3) is 0.105. The summed E-state index contributed by atoms with van der Waals surface area (Å²) < 4.78 is 5.28. The molecule has 7 nitrogen and oxygen atoms in total. The molecule has 3 rings (SSSR count). The van der Waals surface area contributed by atoms with Gasteiger partial charge in [-0.25, -0.2) is 4.79 Å². The molecular weight excluding hydrogens is 400 g/mol. The van der Waals surface area contributed by atoms with Gasteiger partial charge in [-0.2, -0.15) is 0 Å². The van der Waals surface area contributed by atoms with Gasteiger partial charge in [-0.15, -0.1) is 0 Å². The van der Waals surface area contributed by atoms with E-state index in [1.54, 1.807) is 49.4 Å². The molecule has 28 heavy (non-hydrogen) atoms. The average Bonchev–Trinajstić information content (AvgIpc) is 2.95. The first kappa shape index (κ1) is 19.7. The molecule has 142 valence electrons. The van der Waals surface area contributed by atoms with Crippen molar-refractivity contribution in [3.63, 3.8) is 0 Å². The minimum atomic E-state index is -0.492. The number of ether oxygens (including phenoxy) is 1. The predicted molar refractivity (Wildman–Crippen MR) is 111 cm³/mol. The van der Waals surface area contributed by atoms with E-state index in [1.165, 1.54) is 17.0 Å². The highest BCUT2D eigenvalue weighted by Crippen LogP contribution is 2.36. The molecule has 0 unspecified atom stereocenters. The summed E-state index contributed by atoms with van der Waals surface area (Å²) in [5.41, 5.74) is 1.38. The normalized spacial score (nSPS) is 15.2. The summed E-state index contributed by atoms with van der Waals surface area (Å²) in [5, 5.41) is 10.9. The number of thiocarbonyl (C=S) groups is 1. The van der Waals surface area contributed by atoms with Gasteiger partial charge < -0.3 is 4.74 Å². The van der Waals surface area contributed by atoms with E-state index in [2.05, 4.69) is 0 Å². The molecule has 0 bridgehead atoms. The molecule has 1 fully saturated rings. The zero-order valence-electron chi connectivity index (χ0n) is 14.7. The number of carbonyl (C=O) groups is 2. The monoisotopic (exact) mass is 414 g/mol. The van der Waals surface area contributed by atoms with Gasteiger partial charge in [-0.05, 0) is 42.8 Å². The molecular formula is C19H14N2O5S2. The van der Waals surface area contributed by atoms with E-state index in [9.17, 15) is 19.7 Å². The molecule has 0 radical (unpaired) electrons. The first-order valence-electron chi connectivity index (χ1n) is 8.20. The molecule has 0 atom stereocenters. The van der Waals surface area contributed by atoms with Crippen LogP contribution in [0.1, 0.15) is 22.8 Å². The maximum Gasteiger partial charge on any atom is 0.338 e. The van der Waals surface area contributed by atoms with E-state index in [0.717, 1.165) is 11.8 Å². The van der Waals surface area contributed by atoms with Gasteiger partial charge >= 0.3 is 5.97 Å². The van der Waals surface area contributed by atoms with Crippen LogP contribution in [0.4, 0.5) is 11.4 Å². The van der Waals surface area contributed by atoms with Crippen molar-refractivity contribution >= 4 is 57.6 Å². The van der Waals surface area contributed by atoms with Gasteiger partial charge in [0.05, 0.1) is 27.7 Å².